The molecule has 0 radical (unpaired) electrons. The van der Waals surface area contributed by atoms with Gasteiger partial charge in [-0.3, -0.25) is 4.79 Å². The van der Waals surface area contributed by atoms with Gasteiger partial charge in [0.15, 0.2) is 0 Å². The molecular weight excluding hydrogens is 253 g/mol. The molecule has 2 amide bonds. The normalized spacial score (nSPS) is 19.9. The van der Waals surface area contributed by atoms with Gasteiger partial charge in [0.2, 0.25) is 0 Å². The number of carboxylic acid groups (broad SMARTS) is 1. The number of urea groups is 1. The van der Waals surface area contributed by atoms with Gasteiger partial charge in [-0.15, -0.1) is 0 Å². The topological polar surface area (TPSA) is 69.6 Å². The maximum atomic E-state index is 11.9. The van der Waals surface area contributed by atoms with Crippen LogP contribution in [-0.2, 0) is 4.79 Å². The summed E-state index contributed by atoms with van der Waals surface area (Å²) in [5.41, 5.74) is 0. The number of amides is 2. The van der Waals surface area contributed by atoms with Crippen molar-refractivity contribution in [3.05, 3.63) is 0 Å². The molecule has 104 valence electrons. The molecule has 8 heteroatoms. The van der Waals surface area contributed by atoms with Crippen LogP contribution >= 0.6 is 0 Å². The summed E-state index contributed by atoms with van der Waals surface area (Å²) in [5, 5.41) is 10.8. The third-order valence-corrected chi connectivity index (χ3v) is 2.72. The third-order valence-electron chi connectivity index (χ3n) is 2.72. The molecule has 1 heterocycles. The minimum Gasteiger partial charge on any atom is -0.481 e. The lowest BCUT2D eigenvalue weighted by Crippen LogP contribution is -2.39. The van der Waals surface area contributed by atoms with E-state index in [0.29, 0.717) is 13.0 Å². The van der Waals surface area contributed by atoms with Crippen LogP contribution in [0.4, 0.5) is 18.0 Å². The van der Waals surface area contributed by atoms with Gasteiger partial charge in [0.1, 0.15) is 0 Å². The van der Waals surface area contributed by atoms with Crippen LogP contribution in [0, 0.1) is 5.92 Å². The van der Waals surface area contributed by atoms with Crippen LogP contribution < -0.4 is 5.32 Å². The van der Waals surface area contributed by atoms with E-state index in [1.165, 1.54) is 4.90 Å². The quantitative estimate of drug-likeness (QED) is 0.810. The Bertz CT molecular complexity index is 320. The number of likely N-dealkylation sites (tertiary alicyclic amines) is 1. The van der Waals surface area contributed by atoms with Crippen molar-refractivity contribution >= 4 is 12.0 Å². The molecule has 1 aliphatic heterocycles. The lowest BCUT2D eigenvalue weighted by Gasteiger charge is -2.17. The average molecular weight is 268 g/mol. The van der Waals surface area contributed by atoms with E-state index in [1.807, 2.05) is 0 Å². The number of hydrogen-bond donors (Lipinski definition) is 2. The van der Waals surface area contributed by atoms with Gasteiger partial charge in [-0.1, -0.05) is 0 Å². The van der Waals surface area contributed by atoms with Crippen LogP contribution in [0.2, 0.25) is 0 Å². The molecular formula is C10H15F3N2O3. The lowest BCUT2D eigenvalue weighted by atomic mass is 10.1. The molecule has 0 aliphatic carbocycles. The zero-order valence-corrected chi connectivity index (χ0v) is 9.66. The van der Waals surface area contributed by atoms with E-state index in [1.54, 1.807) is 0 Å². The highest BCUT2D eigenvalue weighted by Crippen LogP contribution is 2.20. The monoisotopic (exact) mass is 268 g/mol. The minimum atomic E-state index is -4.29. The molecule has 0 bridgehead atoms. The van der Waals surface area contributed by atoms with Crippen molar-refractivity contribution in [2.45, 2.75) is 25.4 Å². The highest BCUT2D eigenvalue weighted by Gasteiger charge is 2.29. The van der Waals surface area contributed by atoms with Gasteiger partial charge in [0.05, 0.1) is 6.42 Å². The van der Waals surface area contributed by atoms with Crippen LogP contribution in [0.25, 0.3) is 0 Å². The molecule has 2 N–H and O–H groups in total. The molecule has 5 nitrogen and oxygen atoms in total. The number of carbonyl (C=O) groups is 2. The second-order valence-corrected chi connectivity index (χ2v) is 4.30. The van der Waals surface area contributed by atoms with Crippen LogP contribution in [0.5, 0.6) is 0 Å². The van der Waals surface area contributed by atoms with Crippen molar-refractivity contribution in [3.8, 4) is 0 Å². The molecule has 1 saturated heterocycles. The van der Waals surface area contributed by atoms with E-state index in [4.69, 9.17) is 5.11 Å². The molecule has 0 saturated carbocycles. The first-order valence-electron chi connectivity index (χ1n) is 5.59. The predicted molar refractivity (Wildman–Crippen MR) is 56.0 cm³/mol. The van der Waals surface area contributed by atoms with Gasteiger partial charge < -0.3 is 15.3 Å². The summed E-state index contributed by atoms with van der Waals surface area (Å²) in [4.78, 5) is 23.3. The number of nitrogens with one attached hydrogen (secondary N) is 1. The van der Waals surface area contributed by atoms with Gasteiger partial charge in [-0.2, -0.15) is 13.2 Å². The Morgan fingerprint density at radius 3 is 2.61 bits per heavy atom. The Hall–Kier alpha value is -1.47. The summed E-state index contributed by atoms with van der Waals surface area (Å²) < 4.78 is 35.6. The average Bonchev–Trinajstić information content (AvgIpc) is 2.63. The van der Waals surface area contributed by atoms with Gasteiger partial charge in [0.25, 0.3) is 0 Å². The van der Waals surface area contributed by atoms with E-state index in [0.717, 1.165) is 0 Å². The van der Waals surface area contributed by atoms with E-state index in [9.17, 15) is 22.8 Å². The maximum absolute atomic E-state index is 11.9. The van der Waals surface area contributed by atoms with E-state index >= 15 is 0 Å². The van der Waals surface area contributed by atoms with Gasteiger partial charge >= 0.3 is 18.2 Å². The van der Waals surface area contributed by atoms with Crippen LogP contribution in [0.1, 0.15) is 19.3 Å². The number of aliphatic carboxylic acids is 1. The van der Waals surface area contributed by atoms with E-state index in [2.05, 4.69) is 5.32 Å². The standard InChI is InChI=1S/C10H15F3N2O3/c11-10(12,13)2-3-14-9(18)15-4-1-7(6-15)5-8(16)17/h7H,1-6H2,(H,14,18)(H,16,17). The van der Waals surface area contributed by atoms with Crippen molar-refractivity contribution in [2.75, 3.05) is 19.6 Å². The number of hydrogen-bond acceptors (Lipinski definition) is 2. The predicted octanol–water partition coefficient (Wildman–Crippen LogP) is 1.45. The highest BCUT2D eigenvalue weighted by molar-refractivity contribution is 5.74. The largest absolute Gasteiger partial charge is 0.481 e. The van der Waals surface area contributed by atoms with Crippen LogP contribution in [0.3, 0.4) is 0 Å². The van der Waals surface area contributed by atoms with Crippen molar-refractivity contribution in [1.29, 1.82) is 0 Å². The van der Waals surface area contributed by atoms with E-state index < -0.39 is 31.1 Å². The fraction of sp³-hybridized carbons (Fsp3) is 0.800. The minimum absolute atomic E-state index is 0.0215. The highest BCUT2D eigenvalue weighted by atomic mass is 19.4. The molecule has 0 spiro atoms. The third kappa shape index (κ3) is 5.24. The summed E-state index contributed by atoms with van der Waals surface area (Å²) >= 11 is 0. The number of halogens is 3. The van der Waals surface area contributed by atoms with Crippen LogP contribution in [0.15, 0.2) is 0 Å². The van der Waals surface area contributed by atoms with Crippen molar-refractivity contribution < 1.29 is 27.9 Å². The van der Waals surface area contributed by atoms with Gasteiger partial charge in [0, 0.05) is 26.1 Å². The number of nitrogens with zero attached hydrogens (tertiary/aromatic N) is 1. The molecule has 0 aromatic carbocycles. The first-order valence-corrected chi connectivity index (χ1v) is 5.59. The zero-order chi connectivity index (χ0) is 13.8. The molecule has 0 aromatic heterocycles. The fourth-order valence-electron chi connectivity index (χ4n) is 1.85. The summed E-state index contributed by atoms with van der Waals surface area (Å²) in [7, 11) is 0. The maximum Gasteiger partial charge on any atom is 0.390 e. The molecule has 1 unspecified atom stereocenters. The Morgan fingerprint density at radius 2 is 2.06 bits per heavy atom. The number of alkyl halides is 3. The van der Waals surface area contributed by atoms with Crippen molar-refractivity contribution in [1.82, 2.24) is 10.2 Å². The van der Waals surface area contributed by atoms with Crippen molar-refractivity contribution in [2.24, 2.45) is 5.92 Å². The second-order valence-electron chi connectivity index (χ2n) is 4.30. The summed E-state index contributed by atoms with van der Waals surface area (Å²) in [6.45, 7) is 0.211. The number of rotatable bonds is 4. The van der Waals surface area contributed by atoms with Crippen LogP contribution in [-0.4, -0.2) is 47.8 Å². The Labute approximate surface area is 102 Å². The molecule has 1 fully saturated rings. The molecule has 18 heavy (non-hydrogen) atoms. The summed E-state index contributed by atoms with van der Waals surface area (Å²) in [6.07, 6.45) is -4.80. The molecule has 1 aliphatic rings. The first kappa shape index (κ1) is 14.6. The Morgan fingerprint density at radius 1 is 1.39 bits per heavy atom. The second kappa shape index (κ2) is 5.92. The number of carboxylic acids is 1. The van der Waals surface area contributed by atoms with Gasteiger partial charge in [-0.25, -0.2) is 4.79 Å². The lowest BCUT2D eigenvalue weighted by molar-refractivity contribution is -0.138. The SMILES string of the molecule is O=C(O)CC1CCN(C(=O)NCCC(F)(F)F)C1. The molecule has 1 rings (SSSR count). The molecule has 1 atom stereocenters. The zero-order valence-electron chi connectivity index (χ0n) is 9.66. The summed E-state index contributed by atoms with van der Waals surface area (Å²) in [5.74, 6) is -1.05. The first-order chi connectivity index (χ1) is 8.28. The fourth-order valence-corrected chi connectivity index (χ4v) is 1.85. The Balaban J connectivity index is 2.25. The smallest absolute Gasteiger partial charge is 0.390 e. The van der Waals surface area contributed by atoms with Gasteiger partial charge in [-0.05, 0) is 12.3 Å². The Kier molecular flexibility index (Phi) is 4.80. The molecule has 0 aromatic rings. The van der Waals surface area contributed by atoms with Crippen molar-refractivity contribution in [3.63, 3.8) is 0 Å². The number of carbonyl (C=O) groups excluding carboxylic acids is 1. The van der Waals surface area contributed by atoms with E-state index in [-0.39, 0.29) is 18.9 Å². The summed E-state index contributed by atoms with van der Waals surface area (Å²) in [6, 6.07) is -0.563.